The minimum absolute atomic E-state index is 0.292. The fraction of sp³-hybridized carbons (Fsp3) is 0.294. The fourth-order valence-electron chi connectivity index (χ4n) is 3.37. The van der Waals surface area contributed by atoms with E-state index < -0.39 is 15.6 Å². The molecule has 31 heavy (non-hydrogen) atoms. The highest BCUT2D eigenvalue weighted by atomic mass is 31.3. The third-order valence-electron chi connectivity index (χ3n) is 4.69. The van der Waals surface area contributed by atoms with Crippen LogP contribution in [0.4, 0.5) is 5.82 Å². The number of hydrogen-bond acceptors (Lipinski definition) is 8. The molecule has 12 nitrogen and oxygen atoms in total. The van der Waals surface area contributed by atoms with Gasteiger partial charge in [-0.15, -0.1) is 0 Å². The number of para-hydroxylation sites is 2. The van der Waals surface area contributed by atoms with Crippen molar-refractivity contribution in [1.29, 1.82) is 0 Å². The number of hydrogen-bond donors (Lipinski definition) is 3. The first kappa shape index (κ1) is 21.9. The Labute approximate surface area is 177 Å². The van der Waals surface area contributed by atoms with Crippen molar-refractivity contribution in [2.75, 3.05) is 31.1 Å². The molecule has 1 atom stereocenters. The molecule has 0 radical (unpaired) electrons. The van der Waals surface area contributed by atoms with E-state index in [1.54, 1.807) is 30.5 Å². The first-order chi connectivity index (χ1) is 14.7. The summed E-state index contributed by atoms with van der Waals surface area (Å²) in [5.74, 6) is 1.20. The Bertz CT molecular complexity index is 1140. The van der Waals surface area contributed by atoms with Gasteiger partial charge < -0.3 is 19.3 Å². The fourth-order valence-corrected chi connectivity index (χ4v) is 4.96. The predicted octanol–water partition coefficient (Wildman–Crippen LogP) is 1.39. The molecule has 4 rings (SSSR count). The first-order valence-corrected chi connectivity index (χ1v) is 12.4. The maximum Gasteiger partial charge on any atom is 0.555 e. The largest absolute Gasteiger partial charge is 0.555 e. The van der Waals surface area contributed by atoms with Crippen LogP contribution < -0.4 is 9.52 Å². The van der Waals surface area contributed by atoms with Crippen LogP contribution in [0.25, 0.3) is 11.0 Å². The second-order valence-electron chi connectivity index (χ2n) is 6.88. The maximum absolute atomic E-state index is 12.1. The summed E-state index contributed by atoms with van der Waals surface area (Å²) in [5, 5.41) is 0. The Morgan fingerprint density at radius 3 is 2.35 bits per heavy atom. The lowest BCUT2D eigenvalue weighted by Gasteiger charge is -2.35. The van der Waals surface area contributed by atoms with E-state index >= 15 is 0 Å². The van der Waals surface area contributed by atoms with Gasteiger partial charge in [-0.25, -0.2) is 19.1 Å². The van der Waals surface area contributed by atoms with E-state index in [0.717, 1.165) is 23.6 Å². The Balaban J connectivity index is 1.52. The quantitative estimate of drug-likeness (QED) is 0.431. The standard InChI is InChI=1S/C17H21N5O7P2/c23-30(24,25)29-31(26,27)28-22-15-6-2-1-5-14(15)19-17(22)13-20-9-11-21(12-10-20)16-7-3-4-8-18-16/h1-8H,9-13H2,(H,26,27)(H2,23,24,25). The molecular weight excluding hydrogens is 448 g/mol. The zero-order valence-electron chi connectivity index (χ0n) is 16.3. The summed E-state index contributed by atoms with van der Waals surface area (Å²) in [5.41, 5.74) is 0.869. The number of fused-ring (bicyclic) bond motifs is 1. The molecule has 1 aliphatic heterocycles. The number of rotatable bonds is 7. The summed E-state index contributed by atoms with van der Waals surface area (Å²) in [6, 6.07) is 12.5. The lowest BCUT2D eigenvalue weighted by molar-refractivity contribution is 0.154. The van der Waals surface area contributed by atoms with Crippen molar-refractivity contribution in [2.24, 2.45) is 0 Å². The van der Waals surface area contributed by atoms with Crippen LogP contribution in [-0.2, 0) is 20.0 Å². The normalized spacial score (nSPS) is 17.6. The number of aromatic nitrogens is 3. The molecule has 3 aromatic rings. The second-order valence-corrected chi connectivity index (χ2v) is 9.62. The number of imidazole rings is 1. The van der Waals surface area contributed by atoms with Crippen LogP contribution in [0, 0.1) is 0 Å². The Morgan fingerprint density at radius 1 is 0.968 bits per heavy atom. The van der Waals surface area contributed by atoms with Crippen LogP contribution in [0.1, 0.15) is 5.82 Å². The smallest absolute Gasteiger partial charge is 0.354 e. The molecule has 1 aromatic carbocycles. The average Bonchev–Trinajstić information content (AvgIpc) is 3.04. The zero-order valence-corrected chi connectivity index (χ0v) is 18.0. The highest BCUT2D eigenvalue weighted by molar-refractivity contribution is 7.60. The van der Waals surface area contributed by atoms with Gasteiger partial charge in [0.05, 0.1) is 12.1 Å². The predicted molar refractivity (Wildman–Crippen MR) is 111 cm³/mol. The lowest BCUT2D eigenvalue weighted by atomic mass is 10.3. The van der Waals surface area contributed by atoms with Gasteiger partial charge in [-0.2, -0.15) is 9.04 Å². The molecule has 0 saturated carbocycles. The third-order valence-corrected chi connectivity index (χ3v) is 6.74. The Kier molecular flexibility index (Phi) is 6.14. The molecule has 14 heteroatoms. The molecule has 166 valence electrons. The van der Waals surface area contributed by atoms with Gasteiger partial charge in [0.2, 0.25) is 0 Å². The van der Waals surface area contributed by atoms with Crippen molar-refractivity contribution in [3.8, 4) is 0 Å². The van der Waals surface area contributed by atoms with Gasteiger partial charge in [-0.05, 0) is 24.3 Å². The van der Waals surface area contributed by atoms with Gasteiger partial charge in [0.1, 0.15) is 11.3 Å². The van der Waals surface area contributed by atoms with Gasteiger partial charge >= 0.3 is 15.6 Å². The van der Waals surface area contributed by atoms with Crippen molar-refractivity contribution in [3.05, 3.63) is 54.5 Å². The molecule has 1 unspecified atom stereocenters. The number of pyridine rings is 1. The molecule has 0 bridgehead atoms. The van der Waals surface area contributed by atoms with Gasteiger partial charge in [-0.3, -0.25) is 9.79 Å². The van der Waals surface area contributed by atoms with Gasteiger partial charge in [0, 0.05) is 32.4 Å². The van der Waals surface area contributed by atoms with E-state index in [1.165, 1.54) is 0 Å². The number of anilines is 1. The highest BCUT2D eigenvalue weighted by Crippen LogP contribution is 2.55. The van der Waals surface area contributed by atoms with Crippen LogP contribution in [0.15, 0.2) is 48.7 Å². The molecule has 1 aliphatic rings. The van der Waals surface area contributed by atoms with Crippen molar-refractivity contribution in [2.45, 2.75) is 6.54 Å². The van der Waals surface area contributed by atoms with Gasteiger partial charge in [-0.1, -0.05) is 18.2 Å². The van der Waals surface area contributed by atoms with Gasteiger partial charge in [0.25, 0.3) is 0 Å². The summed E-state index contributed by atoms with van der Waals surface area (Å²) in [6.45, 7) is 3.14. The minimum atomic E-state index is -5.25. The summed E-state index contributed by atoms with van der Waals surface area (Å²) in [7, 11) is -10.4. The number of benzene rings is 1. The van der Waals surface area contributed by atoms with Crippen LogP contribution in [-0.4, -0.2) is 60.5 Å². The topological polar surface area (TPSA) is 150 Å². The molecule has 0 amide bonds. The second kappa shape index (κ2) is 8.68. The van der Waals surface area contributed by atoms with Gasteiger partial charge in [0.15, 0.2) is 5.82 Å². The summed E-state index contributed by atoms with van der Waals surface area (Å²) < 4.78 is 33.1. The van der Waals surface area contributed by atoms with Crippen LogP contribution in [0.2, 0.25) is 0 Å². The van der Waals surface area contributed by atoms with E-state index in [-0.39, 0.29) is 0 Å². The average molecular weight is 469 g/mol. The summed E-state index contributed by atoms with van der Waals surface area (Å²) in [4.78, 5) is 40.6. The molecule has 2 aromatic heterocycles. The van der Waals surface area contributed by atoms with Crippen molar-refractivity contribution >= 4 is 32.5 Å². The van der Waals surface area contributed by atoms with Crippen molar-refractivity contribution < 1.29 is 32.7 Å². The third kappa shape index (κ3) is 5.50. The molecule has 3 heterocycles. The van der Waals surface area contributed by atoms with Crippen molar-refractivity contribution in [3.63, 3.8) is 0 Å². The monoisotopic (exact) mass is 469 g/mol. The molecular formula is C17H21N5O7P2. The molecule has 1 fully saturated rings. The summed E-state index contributed by atoms with van der Waals surface area (Å²) in [6.07, 6.45) is 1.74. The Hall–Kier alpha value is -2.30. The molecule has 0 spiro atoms. The molecule has 0 aliphatic carbocycles. The zero-order chi connectivity index (χ0) is 22.1. The minimum Gasteiger partial charge on any atom is -0.354 e. The van der Waals surface area contributed by atoms with Crippen LogP contribution in [0.5, 0.6) is 0 Å². The van der Waals surface area contributed by atoms with E-state index in [9.17, 15) is 14.0 Å². The van der Waals surface area contributed by atoms with Crippen LogP contribution >= 0.6 is 15.6 Å². The van der Waals surface area contributed by atoms with Crippen LogP contribution in [0.3, 0.4) is 0 Å². The van der Waals surface area contributed by atoms with Crippen molar-refractivity contribution in [1.82, 2.24) is 19.6 Å². The molecule has 3 N–H and O–H groups in total. The summed E-state index contributed by atoms with van der Waals surface area (Å²) >= 11 is 0. The van der Waals surface area contributed by atoms with E-state index in [1.807, 2.05) is 18.2 Å². The Morgan fingerprint density at radius 2 is 1.68 bits per heavy atom. The highest BCUT2D eigenvalue weighted by Gasteiger charge is 2.36. The van der Waals surface area contributed by atoms with E-state index in [4.69, 9.17) is 14.4 Å². The van der Waals surface area contributed by atoms with E-state index in [2.05, 4.69) is 24.1 Å². The lowest BCUT2D eigenvalue weighted by Crippen LogP contribution is -2.46. The SMILES string of the molecule is O=P(O)(O)OP(=O)(O)On1c(CN2CCN(c3ccccn3)CC2)nc2ccccc21. The number of nitrogens with zero attached hydrogens (tertiary/aromatic N) is 5. The maximum atomic E-state index is 12.1. The molecule has 1 saturated heterocycles. The first-order valence-electron chi connectivity index (χ1n) is 9.35. The number of piperazine rings is 1. The number of phosphoric acid groups is 2. The van der Waals surface area contributed by atoms with E-state index in [0.29, 0.717) is 36.5 Å².